The lowest BCUT2D eigenvalue weighted by Gasteiger charge is -2.14. The molecule has 0 bridgehead atoms. The molecular weight excluding hydrogens is 319 g/mol. The molecule has 1 aromatic carbocycles. The van der Waals surface area contributed by atoms with Crippen LogP contribution < -0.4 is 5.32 Å². The minimum atomic E-state index is -3.52. The van der Waals surface area contributed by atoms with E-state index in [1.807, 2.05) is 6.92 Å². The molecule has 0 saturated heterocycles. The molecule has 2 aromatic rings. The first kappa shape index (κ1) is 17.1. The van der Waals surface area contributed by atoms with Crippen LogP contribution in [0.5, 0.6) is 0 Å². The average molecular weight is 336 g/mol. The van der Waals surface area contributed by atoms with Crippen LogP contribution in [0.4, 0.5) is 4.39 Å². The quantitative estimate of drug-likeness (QED) is 0.907. The monoisotopic (exact) mass is 336 g/mol. The van der Waals surface area contributed by atoms with Crippen LogP contribution in [0.3, 0.4) is 0 Å². The summed E-state index contributed by atoms with van der Waals surface area (Å²) in [6.07, 6.45) is 2.21. The highest BCUT2D eigenvalue weighted by molar-refractivity contribution is 7.91. The van der Waals surface area contributed by atoms with E-state index in [1.54, 1.807) is 19.1 Å². The van der Waals surface area contributed by atoms with Crippen molar-refractivity contribution in [2.24, 2.45) is 0 Å². The van der Waals surface area contributed by atoms with Gasteiger partial charge in [0.25, 0.3) is 5.91 Å². The molecule has 1 heterocycles. The molecule has 0 fully saturated rings. The van der Waals surface area contributed by atoms with Crippen LogP contribution in [0.1, 0.15) is 22.8 Å². The normalized spacial score (nSPS) is 12.7. The number of nitrogens with one attached hydrogen (secondary N) is 1. The van der Waals surface area contributed by atoms with E-state index in [0.717, 1.165) is 17.8 Å². The Bertz CT molecular complexity index is 804. The van der Waals surface area contributed by atoms with Crippen LogP contribution in [0, 0.1) is 12.7 Å². The van der Waals surface area contributed by atoms with Crippen molar-refractivity contribution >= 4 is 15.7 Å². The number of carbonyl (C=O) groups is 1. The minimum absolute atomic E-state index is 0.0459. The minimum Gasteiger partial charge on any atom is -0.348 e. The van der Waals surface area contributed by atoms with E-state index in [-0.39, 0.29) is 16.2 Å². The summed E-state index contributed by atoms with van der Waals surface area (Å²) in [6, 6.07) is 6.93. The van der Waals surface area contributed by atoms with Gasteiger partial charge in [0.15, 0.2) is 9.84 Å². The lowest BCUT2D eigenvalue weighted by atomic mass is 10.2. The van der Waals surface area contributed by atoms with Gasteiger partial charge in [-0.1, -0.05) is 17.7 Å². The van der Waals surface area contributed by atoms with E-state index in [0.29, 0.717) is 0 Å². The fourth-order valence-electron chi connectivity index (χ4n) is 2.06. The van der Waals surface area contributed by atoms with Crippen molar-refractivity contribution in [2.45, 2.75) is 24.8 Å². The number of nitrogens with zero attached hydrogens (tertiary/aromatic N) is 1. The first-order chi connectivity index (χ1) is 10.8. The molecule has 5 nitrogen and oxygen atoms in total. The van der Waals surface area contributed by atoms with Gasteiger partial charge in [0.1, 0.15) is 5.82 Å². The first-order valence-corrected chi connectivity index (χ1v) is 8.64. The third-order valence-electron chi connectivity index (χ3n) is 3.19. The van der Waals surface area contributed by atoms with Gasteiger partial charge in [0.05, 0.1) is 22.4 Å². The van der Waals surface area contributed by atoms with Crippen LogP contribution >= 0.6 is 0 Å². The second kappa shape index (κ2) is 6.87. The molecule has 0 saturated carbocycles. The standard InChI is InChI=1S/C16H17FN2O3S/c1-11-3-5-15(6-4-11)23(21,22)10-12(2)19-16(20)13-7-14(17)9-18-8-13/h3-9,12H,10H2,1-2H3,(H,19,20)/t12-/m0/s1. The van der Waals surface area contributed by atoms with E-state index < -0.39 is 27.6 Å². The van der Waals surface area contributed by atoms with E-state index >= 15 is 0 Å². The molecule has 1 aromatic heterocycles. The van der Waals surface area contributed by atoms with Crippen molar-refractivity contribution in [1.29, 1.82) is 0 Å². The van der Waals surface area contributed by atoms with Crippen molar-refractivity contribution in [1.82, 2.24) is 10.3 Å². The van der Waals surface area contributed by atoms with Gasteiger partial charge in [-0.2, -0.15) is 0 Å². The molecule has 0 spiro atoms. The Hall–Kier alpha value is -2.28. The second-order valence-corrected chi connectivity index (χ2v) is 7.40. The van der Waals surface area contributed by atoms with Crippen LogP contribution in [-0.4, -0.2) is 31.1 Å². The highest BCUT2D eigenvalue weighted by atomic mass is 32.2. The van der Waals surface area contributed by atoms with Gasteiger partial charge >= 0.3 is 0 Å². The van der Waals surface area contributed by atoms with Crippen molar-refractivity contribution in [3.05, 3.63) is 59.7 Å². The summed E-state index contributed by atoms with van der Waals surface area (Å²) in [7, 11) is -3.52. The Balaban J connectivity index is 2.05. The molecule has 1 amide bonds. The Kier molecular flexibility index (Phi) is 5.10. The summed E-state index contributed by atoms with van der Waals surface area (Å²) in [5.41, 5.74) is 1.01. The van der Waals surface area contributed by atoms with Gasteiger partial charge < -0.3 is 5.32 Å². The number of aryl methyl sites for hydroxylation is 1. The summed E-state index contributed by atoms with van der Waals surface area (Å²) in [5.74, 6) is -1.44. The van der Waals surface area contributed by atoms with Crippen molar-refractivity contribution < 1.29 is 17.6 Å². The molecule has 0 unspecified atom stereocenters. The third-order valence-corrected chi connectivity index (χ3v) is 5.12. The molecule has 1 N–H and O–H groups in total. The van der Waals surface area contributed by atoms with Crippen molar-refractivity contribution in [3.63, 3.8) is 0 Å². The number of hydrogen-bond acceptors (Lipinski definition) is 4. The van der Waals surface area contributed by atoms with Gasteiger partial charge in [0, 0.05) is 12.2 Å². The lowest BCUT2D eigenvalue weighted by molar-refractivity contribution is 0.0942. The number of pyridine rings is 1. The summed E-state index contributed by atoms with van der Waals surface area (Å²) >= 11 is 0. The zero-order chi connectivity index (χ0) is 17.0. The first-order valence-electron chi connectivity index (χ1n) is 6.99. The SMILES string of the molecule is Cc1ccc(S(=O)(=O)C[C@H](C)NC(=O)c2cncc(F)c2)cc1. The van der Waals surface area contributed by atoms with Crippen LogP contribution in [-0.2, 0) is 9.84 Å². The van der Waals surface area contributed by atoms with E-state index in [9.17, 15) is 17.6 Å². The smallest absolute Gasteiger partial charge is 0.253 e. The molecule has 0 aliphatic rings. The molecule has 0 aliphatic heterocycles. The van der Waals surface area contributed by atoms with Gasteiger partial charge in [0.2, 0.25) is 0 Å². The number of benzene rings is 1. The average Bonchev–Trinajstić information content (AvgIpc) is 2.47. The predicted molar refractivity (Wildman–Crippen MR) is 84.4 cm³/mol. The Morgan fingerprint density at radius 1 is 1.26 bits per heavy atom. The number of aromatic nitrogens is 1. The molecule has 0 aliphatic carbocycles. The van der Waals surface area contributed by atoms with E-state index in [2.05, 4.69) is 10.3 Å². The summed E-state index contributed by atoms with van der Waals surface area (Å²) in [4.78, 5) is 15.8. The molecule has 23 heavy (non-hydrogen) atoms. The zero-order valence-corrected chi connectivity index (χ0v) is 13.6. The highest BCUT2D eigenvalue weighted by Crippen LogP contribution is 2.13. The molecule has 1 atom stereocenters. The van der Waals surface area contributed by atoms with Crippen LogP contribution in [0.2, 0.25) is 0 Å². The number of halogens is 1. The predicted octanol–water partition coefficient (Wildman–Crippen LogP) is 2.12. The van der Waals surface area contributed by atoms with E-state index in [4.69, 9.17) is 0 Å². The number of amides is 1. The van der Waals surface area contributed by atoms with Gasteiger partial charge in [-0.25, -0.2) is 12.8 Å². The largest absolute Gasteiger partial charge is 0.348 e. The fraction of sp³-hybridized carbons (Fsp3) is 0.250. The molecular formula is C16H17FN2O3S. The summed E-state index contributed by atoms with van der Waals surface area (Å²) < 4.78 is 37.7. The maximum absolute atomic E-state index is 13.1. The van der Waals surface area contributed by atoms with Gasteiger partial charge in [-0.05, 0) is 32.0 Å². The second-order valence-electron chi connectivity index (χ2n) is 5.36. The zero-order valence-electron chi connectivity index (χ0n) is 12.8. The molecule has 7 heteroatoms. The topological polar surface area (TPSA) is 76.1 Å². The molecule has 122 valence electrons. The Morgan fingerprint density at radius 2 is 1.91 bits per heavy atom. The Labute approximate surface area is 134 Å². The number of sulfone groups is 1. The molecule has 2 rings (SSSR count). The summed E-state index contributed by atoms with van der Waals surface area (Å²) in [5, 5.41) is 2.54. The van der Waals surface area contributed by atoms with Crippen LogP contribution in [0.15, 0.2) is 47.6 Å². The maximum Gasteiger partial charge on any atom is 0.253 e. The van der Waals surface area contributed by atoms with Crippen LogP contribution in [0.25, 0.3) is 0 Å². The van der Waals surface area contributed by atoms with Gasteiger partial charge in [-0.15, -0.1) is 0 Å². The van der Waals surface area contributed by atoms with Crippen molar-refractivity contribution in [3.8, 4) is 0 Å². The summed E-state index contributed by atoms with van der Waals surface area (Å²) in [6.45, 7) is 3.45. The lowest BCUT2D eigenvalue weighted by Crippen LogP contribution is -2.37. The highest BCUT2D eigenvalue weighted by Gasteiger charge is 2.20. The van der Waals surface area contributed by atoms with E-state index in [1.165, 1.54) is 18.3 Å². The number of rotatable bonds is 5. The maximum atomic E-state index is 13.1. The number of hydrogen-bond donors (Lipinski definition) is 1. The van der Waals surface area contributed by atoms with Crippen molar-refractivity contribution in [2.75, 3.05) is 5.75 Å². The number of carbonyl (C=O) groups excluding carboxylic acids is 1. The Morgan fingerprint density at radius 3 is 2.52 bits per heavy atom. The fourth-order valence-corrected chi connectivity index (χ4v) is 3.54. The third kappa shape index (κ3) is 4.59. The van der Waals surface area contributed by atoms with Gasteiger partial charge in [-0.3, -0.25) is 9.78 Å². The molecule has 0 radical (unpaired) electrons.